The highest BCUT2D eigenvalue weighted by Gasteiger charge is 2.43. The molecule has 2 aliphatic heterocycles. The van der Waals surface area contributed by atoms with E-state index in [2.05, 4.69) is 10.00 Å². The van der Waals surface area contributed by atoms with E-state index in [1.54, 1.807) is 22.5 Å². The third-order valence-electron chi connectivity index (χ3n) is 5.92. The molecule has 3 heterocycles. The van der Waals surface area contributed by atoms with Crippen LogP contribution in [0.1, 0.15) is 18.4 Å². The number of likely N-dealkylation sites (tertiary alicyclic amines) is 1. The van der Waals surface area contributed by atoms with Crippen LogP contribution in [0.2, 0.25) is 0 Å². The topological polar surface area (TPSA) is 70.9 Å². The number of fused-ring (bicyclic) bond motifs is 2. The minimum absolute atomic E-state index is 0.163. The first-order valence-electron chi connectivity index (χ1n) is 10.5. The van der Waals surface area contributed by atoms with E-state index in [0.717, 1.165) is 32.5 Å². The van der Waals surface area contributed by atoms with E-state index in [1.165, 1.54) is 5.56 Å². The summed E-state index contributed by atoms with van der Waals surface area (Å²) in [5.41, 5.74) is 1.17. The van der Waals surface area contributed by atoms with Gasteiger partial charge >= 0.3 is 0 Å². The van der Waals surface area contributed by atoms with Crippen LogP contribution in [0.15, 0.2) is 41.6 Å². The smallest absolute Gasteiger partial charge is 0.247 e. The summed E-state index contributed by atoms with van der Waals surface area (Å²) in [6.45, 7) is 3.62. The number of hydrogen-bond donors (Lipinski definition) is 0. The van der Waals surface area contributed by atoms with E-state index in [4.69, 9.17) is 4.74 Å². The zero-order chi connectivity index (χ0) is 21.3. The van der Waals surface area contributed by atoms with Gasteiger partial charge in [-0.05, 0) is 39.1 Å². The number of aryl methyl sites for hydroxylation is 1. The molecule has 30 heavy (non-hydrogen) atoms. The van der Waals surface area contributed by atoms with Gasteiger partial charge < -0.3 is 9.64 Å². The van der Waals surface area contributed by atoms with Crippen LogP contribution in [0.5, 0.6) is 5.75 Å². The monoisotopic (exact) mass is 433 g/mol. The SMILES string of the molecule is CN(C)CCN1[C@@H]2CCN(Cc3cnn(C)c3)CC[C@H]2Oc2ccccc2S1(=O)=O. The highest BCUT2D eigenvalue weighted by Crippen LogP contribution is 2.36. The molecule has 8 nitrogen and oxygen atoms in total. The normalized spacial score (nSPS) is 24.5. The second kappa shape index (κ2) is 8.66. The molecule has 0 aliphatic carbocycles. The molecule has 1 fully saturated rings. The Morgan fingerprint density at radius 2 is 1.97 bits per heavy atom. The number of likely N-dealkylation sites (N-methyl/N-ethyl adjacent to an activating group) is 1. The maximum atomic E-state index is 13.6. The lowest BCUT2D eigenvalue weighted by Gasteiger charge is -2.32. The van der Waals surface area contributed by atoms with Crippen molar-refractivity contribution in [3.05, 3.63) is 42.2 Å². The zero-order valence-corrected chi connectivity index (χ0v) is 18.8. The summed E-state index contributed by atoms with van der Waals surface area (Å²) in [5, 5.41) is 4.26. The summed E-state index contributed by atoms with van der Waals surface area (Å²) in [7, 11) is 2.23. The second-order valence-electron chi connectivity index (χ2n) is 8.47. The Labute approximate surface area is 179 Å². The van der Waals surface area contributed by atoms with Gasteiger partial charge in [0.05, 0.1) is 12.2 Å². The predicted octanol–water partition coefficient (Wildman–Crippen LogP) is 1.40. The van der Waals surface area contributed by atoms with Gasteiger partial charge in [-0.15, -0.1) is 0 Å². The minimum atomic E-state index is -3.62. The van der Waals surface area contributed by atoms with Crippen LogP contribution < -0.4 is 4.74 Å². The molecule has 1 aromatic heterocycles. The van der Waals surface area contributed by atoms with Crippen LogP contribution in [0.25, 0.3) is 0 Å². The van der Waals surface area contributed by atoms with E-state index >= 15 is 0 Å². The largest absolute Gasteiger partial charge is 0.487 e. The predicted molar refractivity (Wildman–Crippen MR) is 115 cm³/mol. The Kier molecular flexibility index (Phi) is 6.15. The molecule has 9 heteroatoms. The van der Waals surface area contributed by atoms with E-state index in [1.807, 2.05) is 49.2 Å². The summed E-state index contributed by atoms with van der Waals surface area (Å²) in [5.74, 6) is 0.473. The number of benzene rings is 1. The number of rotatable bonds is 5. The molecule has 2 aliphatic rings. The lowest BCUT2D eigenvalue weighted by molar-refractivity contribution is 0.110. The van der Waals surface area contributed by atoms with Gasteiger partial charge in [0, 0.05) is 51.5 Å². The Morgan fingerprint density at radius 3 is 2.70 bits per heavy atom. The van der Waals surface area contributed by atoms with Gasteiger partial charge in [-0.3, -0.25) is 9.58 Å². The van der Waals surface area contributed by atoms with Crippen molar-refractivity contribution in [1.82, 2.24) is 23.9 Å². The summed E-state index contributed by atoms with van der Waals surface area (Å²) >= 11 is 0. The Hall–Kier alpha value is -1.94. The summed E-state index contributed by atoms with van der Waals surface area (Å²) in [6.07, 6.45) is 5.29. The van der Waals surface area contributed by atoms with Gasteiger partial charge in [0.2, 0.25) is 10.0 Å². The van der Waals surface area contributed by atoms with Crippen molar-refractivity contribution in [2.45, 2.75) is 36.4 Å². The van der Waals surface area contributed by atoms with Gasteiger partial charge in [-0.2, -0.15) is 9.40 Å². The fraction of sp³-hybridized carbons (Fsp3) is 0.571. The van der Waals surface area contributed by atoms with Crippen molar-refractivity contribution in [3.8, 4) is 5.75 Å². The molecule has 0 radical (unpaired) electrons. The molecule has 164 valence electrons. The maximum absolute atomic E-state index is 13.6. The highest BCUT2D eigenvalue weighted by atomic mass is 32.2. The van der Waals surface area contributed by atoms with Gasteiger partial charge in [-0.1, -0.05) is 12.1 Å². The molecular formula is C21H31N5O3S. The fourth-order valence-electron chi connectivity index (χ4n) is 4.36. The van der Waals surface area contributed by atoms with Crippen molar-refractivity contribution in [3.63, 3.8) is 0 Å². The number of ether oxygens (including phenoxy) is 1. The third kappa shape index (κ3) is 4.39. The number of sulfonamides is 1. The summed E-state index contributed by atoms with van der Waals surface area (Å²) in [4.78, 5) is 4.68. The van der Waals surface area contributed by atoms with E-state index in [0.29, 0.717) is 18.8 Å². The zero-order valence-electron chi connectivity index (χ0n) is 17.9. The van der Waals surface area contributed by atoms with Crippen LogP contribution >= 0.6 is 0 Å². The van der Waals surface area contributed by atoms with Crippen molar-refractivity contribution in [2.24, 2.45) is 7.05 Å². The van der Waals surface area contributed by atoms with Crippen LogP contribution in [-0.4, -0.2) is 84.7 Å². The van der Waals surface area contributed by atoms with Crippen molar-refractivity contribution >= 4 is 10.0 Å². The lowest BCUT2D eigenvalue weighted by atomic mass is 10.1. The molecule has 0 N–H and O–H groups in total. The first-order valence-corrected chi connectivity index (χ1v) is 11.9. The number of hydrogen-bond acceptors (Lipinski definition) is 6. The summed E-state index contributed by atoms with van der Waals surface area (Å²) < 4.78 is 37.0. The average Bonchev–Trinajstić information content (AvgIpc) is 2.97. The molecule has 0 unspecified atom stereocenters. The molecule has 4 rings (SSSR count). The molecule has 1 aromatic carbocycles. The first-order chi connectivity index (χ1) is 14.3. The standard InChI is InChI=1S/C21H31N5O3S/c1-23(2)12-13-26-18-8-10-25(16-17-14-22-24(3)15-17)11-9-19(18)29-20-6-4-5-7-21(20)30(26,27)28/h4-7,14-15,18-19H,8-13,16H2,1-3H3/t18-,19-/m1/s1. The van der Waals surface area contributed by atoms with Gasteiger partial charge in [0.1, 0.15) is 16.7 Å². The summed E-state index contributed by atoms with van der Waals surface area (Å²) in [6, 6.07) is 6.86. The first kappa shape index (κ1) is 21.3. The van der Waals surface area contributed by atoms with E-state index < -0.39 is 10.0 Å². The van der Waals surface area contributed by atoms with Gasteiger partial charge in [0.25, 0.3) is 0 Å². The molecule has 2 atom stereocenters. The molecule has 2 aromatic rings. The number of aromatic nitrogens is 2. The Balaban J connectivity index is 1.61. The maximum Gasteiger partial charge on any atom is 0.247 e. The van der Waals surface area contributed by atoms with Crippen molar-refractivity contribution in [1.29, 1.82) is 0 Å². The Bertz CT molecular complexity index is 975. The van der Waals surface area contributed by atoms with E-state index in [9.17, 15) is 8.42 Å². The molecule has 0 saturated carbocycles. The van der Waals surface area contributed by atoms with Gasteiger partial charge in [0.15, 0.2) is 0 Å². The molecule has 0 spiro atoms. The van der Waals surface area contributed by atoms with Crippen LogP contribution in [0.3, 0.4) is 0 Å². The van der Waals surface area contributed by atoms with Gasteiger partial charge in [-0.25, -0.2) is 8.42 Å². The number of para-hydroxylation sites is 1. The van der Waals surface area contributed by atoms with E-state index in [-0.39, 0.29) is 17.0 Å². The van der Waals surface area contributed by atoms with Crippen molar-refractivity contribution in [2.75, 3.05) is 40.3 Å². The highest BCUT2D eigenvalue weighted by molar-refractivity contribution is 7.89. The van der Waals surface area contributed by atoms with Crippen LogP contribution in [0, 0.1) is 0 Å². The second-order valence-corrected chi connectivity index (χ2v) is 10.3. The fourth-order valence-corrected chi connectivity index (χ4v) is 6.16. The van der Waals surface area contributed by atoms with Crippen LogP contribution in [-0.2, 0) is 23.6 Å². The molecule has 0 bridgehead atoms. The quantitative estimate of drug-likeness (QED) is 0.710. The number of nitrogens with zero attached hydrogens (tertiary/aromatic N) is 5. The lowest BCUT2D eigenvalue weighted by Crippen LogP contribution is -2.49. The molecular weight excluding hydrogens is 402 g/mol. The third-order valence-corrected chi connectivity index (χ3v) is 7.88. The minimum Gasteiger partial charge on any atom is -0.487 e. The molecule has 1 saturated heterocycles. The average molecular weight is 434 g/mol. The van der Waals surface area contributed by atoms with Crippen molar-refractivity contribution < 1.29 is 13.2 Å². The van der Waals surface area contributed by atoms with Crippen LogP contribution in [0.4, 0.5) is 0 Å². The Morgan fingerprint density at radius 1 is 1.20 bits per heavy atom. The molecule has 0 amide bonds.